The number of nitrogens with zero attached hydrogens (tertiary/aromatic N) is 1. The van der Waals surface area contributed by atoms with E-state index in [-0.39, 0.29) is 23.3 Å². The van der Waals surface area contributed by atoms with Crippen molar-refractivity contribution >= 4 is 5.97 Å². The first-order valence-electron chi connectivity index (χ1n) is 5.86. The van der Waals surface area contributed by atoms with E-state index in [9.17, 15) is 13.6 Å². The molecular weight excluding hydrogens is 280 g/mol. The Balaban J connectivity index is 2.31. The molecule has 0 aliphatic carbocycles. The molecule has 0 heterocycles. The van der Waals surface area contributed by atoms with Crippen LogP contribution >= 0.6 is 0 Å². The topological polar surface area (TPSA) is 70.3 Å². The van der Waals surface area contributed by atoms with E-state index < -0.39 is 23.4 Å². The summed E-state index contributed by atoms with van der Waals surface area (Å²) in [6.45, 7) is -0.318. The van der Waals surface area contributed by atoms with Gasteiger partial charge in [0.05, 0.1) is 11.6 Å². The molecule has 0 amide bonds. The number of ether oxygens (including phenoxy) is 1. The third-order valence-corrected chi connectivity index (χ3v) is 2.76. The Hall–Kier alpha value is -2.94. The molecule has 0 saturated heterocycles. The second kappa shape index (κ2) is 6.01. The zero-order chi connectivity index (χ0) is 15.4. The van der Waals surface area contributed by atoms with E-state index in [0.29, 0.717) is 0 Å². The molecule has 6 heteroatoms. The smallest absolute Gasteiger partial charge is 0.339 e. The van der Waals surface area contributed by atoms with Crippen LogP contribution in [0.1, 0.15) is 21.5 Å². The maximum Gasteiger partial charge on any atom is 0.339 e. The average molecular weight is 289 g/mol. The zero-order valence-corrected chi connectivity index (χ0v) is 10.6. The molecule has 4 nitrogen and oxygen atoms in total. The van der Waals surface area contributed by atoms with Crippen LogP contribution in [-0.2, 0) is 6.61 Å². The van der Waals surface area contributed by atoms with Gasteiger partial charge in [-0.1, -0.05) is 6.07 Å². The van der Waals surface area contributed by atoms with Crippen molar-refractivity contribution < 1.29 is 23.4 Å². The third kappa shape index (κ3) is 3.15. The lowest BCUT2D eigenvalue weighted by atomic mass is 10.1. The molecule has 2 aromatic rings. The SMILES string of the molecule is N#Cc1ccc(F)cc1COc1c(F)cccc1C(=O)O. The van der Waals surface area contributed by atoms with Gasteiger partial charge in [-0.05, 0) is 30.3 Å². The predicted molar refractivity (Wildman–Crippen MR) is 68.8 cm³/mol. The molecule has 21 heavy (non-hydrogen) atoms. The molecule has 0 bridgehead atoms. The summed E-state index contributed by atoms with van der Waals surface area (Å²) in [5, 5.41) is 17.9. The van der Waals surface area contributed by atoms with Crippen LogP contribution in [0.25, 0.3) is 0 Å². The number of hydrogen-bond acceptors (Lipinski definition) is 3. The van der Waals surface area contributed by atoms with E-state index in [0.717, 1.165) is 18.2 Å². The van der Waals surface area contributed by atoms with Gasteiger partial charge in [-0.15, -0.1) is 0 Å². The fourth-order valence-electron chi connectivity index (χ4n) is 1.76. The second-order valence-corrected chi connectivity index (χ2v) is 4.12. The van der Waals surface area contributed by atoms with Crippen molar-refractivity contribution in [3.05, 3.63) is 64.7 Å². The first-order chi connectivity index (χ1) is 10.0. The Morgan fingerprint density at radius 3 is 2.71 bits per heavy atom. The van der Waals surface area contributed by atoms with E-state index in [1.54, 1.807) is 0 Å². The van der Waals surface area contributed by atoms with Crippen molar-refractivity contribution in [1.29, 1.82) is 5.26 Å². The molecule has 0 aliphatic heterocycles. The van der Waals surface area contributed by atoms with E-state index >= 15 is 0 Å². The van der Waals surface area contributed by atoms with Crippen molar-refractivity contribution in [3.8, 4) is 11.8 Å². The summed E-state index contributed by atoms with van der Waals surface area (Å²) in [5.74, 6) is -3.20. The number of carboxylic acids is 1. The van der Waals surface area contributed by atoms with Crippen LogP contribution in [0, 0.1) is 23.0 Å². The summed E-state index contributed by atoms with van der Waals surface area (Å²) in [6, 6.07) is 8.82. The Bertz CT molecular complexity index is 738. The maximum absolute atomic E-state index is 13.6. The molecule has 2 rings (SSSR count). The number of hydrogen-bond donors (Lipinski definition) is 1. The lowest BCUT2D eigenvalue weighted by Gasteiger charge is -2.11. The molecule has 0 unspecified atom stereocenters. The van der Waals surface area contributed by atoms with Crippen LogP contribution < -0.4 is 4.74 Å². The molecule has 0 fully saturated rings. The lowest BCUT2D eigenvalue weighted by molar-refractivity contribution is 0.0690. The molecule has 0 aromatic heterocycles. The van der Waals surface area contributed by atoms with Crippen LogP contribution in [0.15, 0.2) is 36.4 Å². The zero-order valence-electron chi connectivity index (χ0n) is 10.6. The quantitative estimate of drug-likeness (QED) is 0.938. The normalized spacial score (nSPS) is 9.95. The van der Waals surface area contributed by atoms with Crippen molar-refractivity contribution in [2.75, 3.05) is 0 Å². The van der Waals surface area contributed by atoms with Crippen LogP contribution in [0.3, 0.4) is 0 Å². The summed E-state index contributed by atoms with van der Waals surface area (Å²) >= 11 is 0. The van der Waals surface area contributed by atoms with Crippen molar-refractivity contribution in [2.24, 2.45) is 0 Å². The Labute approximate surface area is 118 Å². The second-order valence-electron chi connectivity index (χ2n) is 4.12. The Morgan fingerprint density at radius 1 is 1.29 bits per heavy atom. The number of nitriles is 1. The minimum atomic E-state index is -1.34. The van der Waals surface area contributed by atoms with Crippen LogP contribution in [-0.4, -0.2) is 11.1 Å². The highest BCUT2D eigenvalue weighted by atomic mass is 19.1. The van der Waals surface area contributed by atoms with Gasteiger partial charge in [0.2, 0.25) is 0 Å². The summed E-state index contributed by atoms with van der Waals surface area (Å²) < 4.78 is 31.9. The number of benzene rings is 2. The minimum absolute atomic E-state index is 0.171. The van der Waals surface area contributed by atoms with E-state index in [1.807, 2.05) is 6.07 Å². The van der Waals surface area contributed by atoms with Gasteiger partial charge in [-0.2, -0.15) is 5.26 Å². The summed E-state index contributed by atoms with van der Waals surface area (Å²) in [7, 11) is 0. The van der Waals surface area contributed by atoms with Gasteiger partial charge < -0.3 is 9.84 Å². The molecule has 0 aliphatic rings. The standard InChI is InChI=1S/C15H9F2NO3/c16-11-5-4-9(7-18)10(6-11)8-21-14-12(15(19)20)2-1-3-13(14)17/h1-6H,8H2,(H,19,20). The van der Waals surface area contributed by atoms with E-state index in [2.05, 4.69) is 0 Å². The molecule has 0 saturated carbocycles. The minimum Gasteiger partial charge on any atom is -0.485 e. The number of carbonyl (C=O) groups is 1. The number of rotatable bonds is 4. The maximum atomic E-state index is 13.6. The highest BCUT2D eigenvalue weighted by Gasteiger charge is 2.16. The van der Waals surface area contributed by atoms with Gasteiger partial charge in [0.15, 0.2) is 11.6 Å². The molecule has 0 radical (unpaired) electrons. The van der Waals surface area contributed by atoms with Gasteiger partial charge in [0, 0.05) is 5.56 Å². The summed E-state index contributed by atoms with van der Waals surface area (Å²) in [4.78, 5) is 11.0. The predicted octanol–water partition coefficient (Wildman–Crippen LogP) is 3.11. The highest BCUT2D eigenvalue weighted by Crippen LogP contribution is 2.24. The number of carboxylic acid groups (broad SMARTS) is 1. The molecule has 1 N–H and O–H groups in total. The van der Waals surface area contributed by atoms with Crippen molar-refractivity contribution in [2.45, 2.75) is 6.61 Å². The molecular formula is C15H9F2NO3. The van der Waals surface area contributed by atoms with E-state index in [4.69, 9.17) is 15.1 Å². The number of aromatic carboxylic acids is 1. The first-order valence-corrected chi connectivity index (χ1v) is 5.86. The van der Waals surface area contributed by atoms with Crippen molar-refractivity contribution in [1.82, 2.24) is 0 Å². The average Bonchev–Trinajstić information content (AvgIpc) is 2.45. The lowest BCUT2D eigenvalue weighted by Crippen LogP contribution is -2.06. The summed E-state index contributed by atoms with van der Waals surface area (Å²) in [5.41, 5.74) is 0.0339. The van der Waals surface area contributed by atoms with Crippen LogP contribution in [0.2, 0.25) is 0 Å². The fourth-order valence-corrected chi connectivity index (χ4v) is 1.76. The van der Waals surface area contributed by atoms with Crippen LogP contribution in [0.4, 0.5) is 8.78 Å². The van der Waals surface area contributed by atoms with Gasteiger partial charge in [-0.25, -0.2) is 13.6 Å². The van der Waals surface area contributed by atoms with Crippen molar-refractivity contribution in [3.63, 3.8) is 0 Å². The number of para-hydroxylation sites is 1. The van der Waals surface area contributed by atoms with E-state index in [1.165, 1.54) is 18.2 Å². The van der Waals surface area contributed by atoms with Gasteiger partial charge >= 0.3 is 5.97 Å². The summed E-state index contributed by atoms with van der Waals surface area (Å²) in [6.07, 6.45) is 0. The van der Waals surface area contributed by atoms with Gasteiger partial charge in [0.25, 0.3) is 0 Å². The monoisotopic (exact) mass is 289 g/mol. The fraction of sp³-hybridized carbons (Fsp3) is 0.0667. The molecule has 0 spiro atoms. The molecule has 2 aromatic carbocycles. The molecule has 0 atom stereocenters. The van der Waals surface area contributed by atoms with Gasteiger partial charge in [0.1, 0.15) is 18.0 Å². The largest absolute Gasteiger partial charge is 0.485 e. The third-order valence-electron chi connectivity index (χ3n) is 2.76. The first kappa shape index (κ1) is 14.5. The molecule has 106 valence electrons. The van der Waals surface area contributed by atoms with Gasteiger partial charge in [-0.3, -0.25) is 0 Å². The highest BCUT2D eigenvalue weighted by molar-refractivity contribution is 5.90. The van der Waals surface area contributed by atoms with Crippen LogP contribution in [0.5, 0.6) is 5.75 Å². The number of halogens is 2. The Kier molecular flexibility index (Phi) is 4.14. The Morgan fingerprint density at radius 2 is 2.05 bits per heavy atom.